The van der Waals surface area contributed by atoms with Gasteiger partial charge in [-0.3, -0.25) is 19.4 Å². The van der Waals surface area contributed by atoms with Crippen LogP contribution in [0.5, 0.6) is 0 Å². The fourth-order valence-electron chi connectivity index (χ4n) is 3.85. The minimum Gasteiger partial charge on any atom is -0.342 e. The van der Waals surface area contributed by atoms with Crippen molar-refractivity contribution < 1.29 is 9.59 Å². The molecule has 2 heterocycles. The maximum Gasteiger partial charge on any atom is 0.241 e. The number of hydrogen-bond acceptors (Lipinski definition) is 4. The van der Waals surface area contributed by atoms with Gasteiger partial charge < -0.3 is 10.2 Å². The number of piperazine rings is 1. The Bertz CT molecular complexity index is 593. The Morgan fingerprint density at radius 3 is 2.27 bits per heavy atom. The molecule has 0 saturated carbocycles. The number of nitrogens with zero attached hydrogens (tertiary/aromatic N) is 3. The lowest BCUT2D eigenvalue weighted by molar-refractivity contribution is -0.132. The molecule has 1 N–H and O–H groups in total. The second-order valence-corrected chi connectivity index (χ2v) is 7.18. The summed E-state index contributed by atoms with van der Waals surface area (Å²) in [7, 11) is 0. The quantitative estimate of drug-likeness (QED) is 0.840. The number of hydrogen-bond donors (Lipinski definition) is 1. The molecule has 3 rings (SSSR count). The van der Waals surface area contributed by atoms with Gasteiger partial charge in [-0.1, -0.05) is 25.1 Å². The third kappa shape index (κ3) is 4.83. The fraction of sp³-hybridized carbons (Fsp3) is 0.600. The Balaban J connectivity index is 1.47. The Morgan fingerprint density at radius 2 is 1.65 bits per heavy atom. The van der Waals surface area contributed by atoms with Crippen LogP contribution in [0, 0.1) is 0 Å². The van der Waals surface area contributed by atoms with E-state index in [0.717, 1.165) is 64.2 Å². The summed E-state index contributed by atoms with van der Waals surface area (Å²) in [6.07, 6.45) is 3.05. The molecular formula is C20H30N4O2. The largest absolute Gasteiger partial charge is 0.342 e. The Morgan fingerprint density at radius 1 is 1.00 bits per heavy atom. The normalized spacial score (nSPS) is 20.1. The van der Waals surface area contributed by atoms with Crippen molar-refractivity contribution >= 4 is 17.5 Å². The van der Waals surface area contributed by atoms with E-state index in [2.05, 4.69) is 22.0 Å². The zero-order valence-electron chi connectivity index (χ0n) is 15.7. The highest BCUT2D eigenvalue weighted by atomic mass is 16.2. The molecule has 0 bridgehead atoms. The average Bonchev–Trinajstić information content (AvgIpc) is 3.19. The number of benzene rings is 1. The van der Waals surface area contributed by atoms with E-state index < -0.39 is 0 Å². The van der Waals surface area contributed by atoms with Crippen LogP contribution in [0.4, 0.5) is 5.69 Å². The van der Waals surface area contributed by atoms with Crippen LogP contribution < -0.4 is 5.32 Å². The predicted octanol–water partition coefficient (Wildman–Crippen LogP) is 1.64. The molecule has 6 nitrogen and oxygen atoms in total. The molecule has 2 aliphatic heterocycles. The lowest BCUT2D eigenvalue weighted by Gasteiger charge is -2.38. The first-order valence-electron chi connectivity index (χ1n) is 9.77. The van der Waals surface area contributed by atoms with E-state index in [1.807, 2.05) is 35.2 Å². The molecule has 1 aromatic carbocycles. The van der Waals surface area contributed by atoms with Crippen LogP contribution in [0.1, 0.15) is 26.2 Å². The lowest BCUT2D eigenvalue weighted by atomic mass is 10.1. The molecular weight excluding hydrogens is 328 g/mol. The smallest absolute Gasteiger partial charge is 0.241 e. The van der Waals surface area contributed by atoms with Crippen LogP contribution in [0.2, 0.25) is 0 Å². The van der Waals surface area contributed by atoms with Gasteiger partial charge in [0.15, 0.2) is 0 Å². The summed E-state index contributed by atoms with van der Waals surface area (Å²) in [5.41, 5.74) is 0.839. The van der Waals surface area contributed by atoms with E-state index in [4.69, 9.17) is 0 Å². The molecule has 1 aromatic rings. The van der Waals surface area contributed by atoms with Gasteiger partial charge in [0, 0.05) is 45.0 Å². The number of carbonyl (C=O) groups excluding carboxylic acids is 2. The van der Waals surface area contributed by atoms with Gasteiger partial charge in [-0.25, -0.2) is 0 Å². The molecule has 2 aliphatic rings. The van der Waals surface area contributed by atoms with Crippen LogP contribution in [-0.4, -0.2) is 78.4 Å². The third-order valence-electron chi connectivity index (χ3n) is 5.40. The van der Waals surface area contributed by atoms with Crippen molar-refractivity contribution in [1.82, 2.24) is 14.7 Å². The molecule has 6 heteroatoms. The first kappa shape index (κ1) is 18.9. The number of para-hydroxylation sites is 1. The number of nitrogens with one attached hydrogen (secondary N) is 1. The van der Waals surface area contributed by atoms with E-state index in [9.17, 15) is 9.59 Å². The molecule has 0 aromatic heterocycles. The molecule has 26 heavy (non-hydrogen) atoms. The van der Waals surface area contributed by atoms with Crippen molar-refractivity contribution in [2.24, 2.45) is 0 Å². The van der Waals surface area contributed by atoms with Gasteiger partial charge in [0.25, 0.3) is 0 Å². The molecule has 0 aliphatic carbocycles. The minimum absolute atomic E-state index is 0.0558. The van der Waals surface area contributed by atoms with Crippen molar-refractivity contribution in [3.8, 4) is 0 Å². The van der Waals surface area contributed by atoms with Gasteiger partial charge in [0.05, 0.1) is 12.6 Å². The van der Waals surface area contributed by atoms with Gasteiger partial charge in [-0.15, -0.1) is 0 Å². The van der Waals surface area contributed by atoms with Crippen LogP contribution in [0.3, 0.4) is 0 Å². The maximum atomic E-state index is 12.6. The van der Waals surface area contributed by atoms with E-state index in [1.165, 1.54) is 0 Å². The SMILES string of the molecule is CCC(C(=O)Nc1ccccc1)N1CCN(CC(=O)N2CCCC2)CC1. The molecule has 142 valence electrons. The standard InChI is InChI=1S/C20H30N4O2/c1-2-18(20(26)21-17-8-4-3-5-9-17)23-14-12-22(13-15-23)16-19(25)24-10-6-7-11-24/h3-5,8-9,18H,2,6-7,10-16H2,1H3,(H,21,26). The Labute approximate surface area is 156 Å². The maximum absolute atomic E-state index is 12.6. The van der Waals surface area contributed by atoms with Crippen LogP contribution in [0.25, 0.3) is 0 Å². The van der Waals surface area contributed by atoms with Gasteiger partial charge >= 0.3 is 0 Å². The van der Waals surface area contributed by atoms with Crippen LogP contribution in [0.15, 0.2) is 30.3 Å². The number of carbonyl (C=O) groups is 2. The molecule has 2 amide bonds. The zero-order valence-corrected chi connectivity index (χ0v) is 15.7. The third-order valence-corrected chi connectivity index (χ3v) is 5.40. The second kappa shape index (κ2) is 9.14. The summed E-state index contributed by atoms with van der Waals surface area (Å²) in [5, 5.41) is 3.02. The number of rotatable bonds is 6. The lowest BCUT2D eigenvalue weighted by Crippen LogP contribution is -2.55. The molecule has 2 fully saturated rings. The summed E-state index contributed by atoms with van der Waals surface area (Å²) >= 11 is 0. The highest BCUT2D eigenvalue weighted by Crippen LogP contribution is 2.14. The summed E-state index contributed by atoms with van der Waals surface area (Å²) in [4.78, 5) is 31.4. The molecule has 0 radical (unpaired) electrons. The number of amides is 2. The minimum atomic E-state index is -0.119. The number of anilines is 1. The monoisotopic (exact) mass is 358 g/mol. The molecule has 1 atom stereocenters. The molecule has 0 spiro atoms. The fourth-order valence-corrected chi connectivity index (χ4v) is 3.85. The van der Waals surface area contributed by atoms with Crippen molar-refractivity contribution in [1.29, 1.82) is 0 Å². The highest BCUT2D eigenvalue weighted by molar-refractivity contribution is 5.94. The van der Waals surface area contributed by atoms with Crippen molar-refractivity contribution in [2.75, 3.05) is 51.1 Å². The Hall–Kier alpha value is -1.92. The van der Waals surface area contributed by atoms with Gasteiger partial charge in [0.1, 0.15) is 0 Å². The highest BCUT2D eigenvalue weighted by Gasteiger charge is 2.29. The van der Waals surface area contributed by atoms with E-state index in [1.54, 1.807) is 0 Å². The van der Waals surface area contributed by atoms with Crippen molar-refractivity contribution in [3.05, 3.63) is 30.3 Å². The summed E-state index contributed by atoms with van der Waals surface area (Å²) in [6.45, 7) is 7.73. The molecule has 2 saturated heterocycles. The summed E-state index contributed by atoms with van der Waals surface area (Å²) in [6, 6.07) is 9.49. The zero-order chi connectivity index (χ0) is 18.4. The Kier molecular flexibility index (Phi) is 6.63. The topological polar surface area (TPSA) is 55.9 Å². The number of likely N-dealkylation sites (tertiary alicyclic amines) is 1. The summed E-state index contributed by atoms with van der Waals surface area (Å²) in [5.74, 6) is 0.310. The first-order chi connectivity index (χ1) is 12.7. The summed E-state index contributed by atoms with van der Waals surface area (Å²) < 4.78 is 0. The molecule has 1 unspecified atom stereocenters. The van der Waals surface area contributed by atoms with E-state index in [-0.39, 0.29) is 17.9 Å². The van der Waals surface area contributed by atoms with E-state index in [0.29, 0.717) is 6.54 Å². The first-order valence-corrected chi connectivity index (χ1v) is 9.77. The van der Waals surface area contributed by atoms with Gasteiger partial charge in [-0.05, 0) is 31.4 Å². The predicted molar refractivity (Wildman–Crippen MR) is 103 cm³/mol. The second-order valence-electron chi connectivity index (χ2n) is 7.18. The van der Waals surface area contributed by atoms with Crippen molar-refractivity contribution in [3.63, 3.8) is 0 Å². The average molecular weight is 358 g/mol. The van der Waals surface area contributed by atoms with Crippen LogP contribution in [-0.2, 0) is 9.59 Å². The van der Waals surface area contributed by atoms with Crippen molar-refractivity contribution in [2.45, 2.75) is 32.2 Å². The van der Waals surface area contributed by atoms with Gasteiger partial charge in [0.2, 0.25) is 11.8 Å². The van der Waals surface area contributed by atoms with Gasteiger partial charge in [-0.2, -0.15) is 0 Å². The van der Waals surface area contributed by atoms with Crippen LogP contribution >= 0.6 is 0 Å². The van der Waals surface area contributed by atoms with E-state index >= 15 is 0 Å².